The van der Waals surface area contributed by atoms with E-state index in [2.05, 4.69) is 175 Å². The lowest BCUT2D eigenvalue weighted by Crippen LogP contribution is -2.42. The van der Waals surface area contributed by atoms with E-state index in [-0.39, 0.29) is 38.2 Å². The van der Waals surface area contributed by atoms with Crippen LogP contribution < -0.4 is 5.32 Å². The summed E-state index contributed by atoms with van der Waals surface area (Å²) in [4.78, 5) is 15.8. The summed E-state index contributed by atoms with van der Waals surface area (Å²) in [6, 6.07) is 23.2. The van der Waals surface area contributed by atoms with E-state index in [1.807, 2.05) is 0 Å². The first kappa shape index (κ1) is 40.9. The molecule has 8 rings (SSSR count). The third-order valence-corrected chi connectivity index (χ3v) is 16.6. The van der Waals surface area contributed by atoms with Gasteiger partial charge in [-0.2, -0.15) is 0 Å². The number of allylic oxidation sites excluding steroid dienone is 3. The molecule has 4 nitrogen and oxygen atoms in total. The molecular weight excluding hydrogens is 705 g/mol. The summed E-state index contributed by atoms with van der Waals surface area (Å²) < 4.78 is 0. The Morgan fingerprint density at radius 1 is 0.638 bits per heavy atom. The quantitative estimate of drug-likeness (QED) is 0.129. The monoisotopic (exact) mass is 775 g/mol. The van der Waals surface area contributed by atoms with Crippen LogP contribution in [0.3, 0.4) is 0 Å². The minimum Gasteiger partial charge on any atom is -0.294 e. The summed E-state index contributed by atoms with van der Waals surface area (Å²) in [6.07, 6.45) is 12.9. The van der Waals surface area contributed by atoms with Crippen LogP contribution in [0.5, 0.6) is 0 Å². The molecule has 4 aliphatic rings. The third-order valence-electron chi connectivity index (χ3n) is 16.6. The van der Waals surface area contributed by atoms with Crippen molar-refractivity contribution < 1.29 is 0 Å². The molecule has 1 N–H and O–H groups in total. The van der Waals surface area contributed by atoms with Gasteiger partial charge in [0.2, 0.25) is 0 Å². The number of aromatic nitrogens is 3. The summed E-state index contributed by atoms with van der Waals surface area (Å²) in [5, 5.41) is 4.22. The Bertz CT molecular complexity index is 2310. The van der Waals surface area contributed by atoms with Crippen molar-refractivity contribution in [3.63, 3.8) is 0 Å². The lowest BCUT2D eigenvalue weighted by atomic mass is 9.59. The number of rotatable bonds is 10. The molecule has 4 heteroatoms. The Hall–Kier alpha value is -3.89. The summed E-state index contributed by atoms with van der Waals surface area (Å²) in [6.45, 7) is 33.4. The number of hydrogen-bond donors (Lipinski definition) is 1. The molecule has 1 fully saturated rings. The Morgan fingerprint density at radius 3 is 1.71 bits per heavy atom. The molecule has 4 aromatic rings. The molecule has 1 aromatic heterocycles. The van der Waals surface area contributed by atoms with Gasteiger partial charge in [0.15, 0.2) is 17.5 Å². The van der Waals surface area contributed by atoms with Crippen LogP contribution in [0.15, 0.2) is 78.4 Å². The summed E-state index contributed by atoms with van der Waals surface area (Å²) >= 11 is 0. The van der Waals surface area contributed by atoms with E-state index in [0.29, 0.717) is 5.92 Å². The lowest BCUT2D eigenvalue weighted by Gasteiger charge is -2.44. The fraction of sp³-hybridized carbons (Fsp3) is 0.537. The molecule has 3 aliphatic carbocycles. The van der Waals surface area contributed by atoms with Crippen LogP contribution >= 0.6 is 0 Å². The van der Waals surface area contributed by atoms with Crippen LogP contribution in [0, 0.1) is 5.41 Å². The van der Waals surface area contributed by atoms with Crippen molar-refractivity contribution in [1.29, 1.82) is 0 Å². The first-order valence-electron chi connectivity index (χ1n) is 22.6. The predicted molar refractivity (Wildman–Crippen MR) is 244 cm³/mol. The van der Waals surface area contributed by atoms with E-state index in [0.717, 1.165) is 53.4 Å². The maximum atomic E-state index is 5.31. The topological polar surface area (TPSA) is 60.6 Å². The molecule has 306 valence electrons. The first-order valence-corrected chi connectivity index (χ1v) is 22.6. The molecule has 58 heavy (non-hydrogen) atoms. The molecule has 3 atom stereocenters. The SMILES string of the molecule is CCCCCC(C)(C)c1ccc(-c2nc(C3=CCC4C(=C3)C3(CC)NC3(CC)c3cc5c(cc34)C(C)(C)C(C)(C)C5(C)C)nc(-c3ccc(C(C)(C)C)cc3)n2)cc1. The molecule has 0 amide bonds. The molecule has 2 heterocycles. The summed E-state index contributed by atoms with van der Waals surface area (Å²) in [7, 11) is 0. The number of benzene rings is 3. The van der Waals surface area contributed by atoms with E-state index < -0.39 is 0 Å². The highest BCUT2D eigenvalue weighted by atomic mass is 15.3. The second-order valence-electron chi connectivity index (χ2n) is 21.6. The zero-order chi connectivity index (χ0) is 41.8. The smallest absolute Gasteiger partial charge is 0.164 e. The zero-order valence-corrected chi connectivity index (χ0v) is 38.3. The average molecular weight is 775 g/mol. The van der Waals surface area contributed by atoms with Gasteiger partial charge in [0.1, 0.15) is 0 Å². The van der Waals surface area contributed by atoms with E-state index >= 15 is 0 Å². The van der Waals surface area contributed by atoms with Crippen molar-refractivity contribution in [2.75, 3.05) is 0 Å². The van der Waals surface area contributed by atoms with Crippen LogP contribution in [-0.2, 0) is 27.2 Å². The Balaban J connectivity index is 1.24. The van der Waals surface area contributed by atoms with E-state index in [1.165, 1.54) is 59.1 Å². The van der Waals surface area contributed by atoms with Crippen LogP contribution in [0.4, 0.5) is 0 Å². The van der Waals surface area contributed by atoms with Crippen molar-refractivity contribution in [3.05, 3.63) is 118 Å². The highest BCUT2D eigenvalue weighted by Crippen LogP contribution is 2.69. The Labute approximate surface area is 350 Å². The van der Waals surface area contributed by atoms with Gasteiger partial charge in [-0.25, -0.2) is 15.0 Å². The van der Waals surface area contributed by atoms with Crippen LogP contribution in [0.2, 0.25) is 0 Å². The van der Waals surface area contributed by atoms with Gasteiger partial charge < -0.3 is 0 Å². The number of unbranched alkanes of at least 4 members (excludes halogenated alkanes) is 2. The second kappa shape index (κ2) is 13.6. The van der Waals surface area contributed by atoms with Crippen LogP contribution in [0.1, 0.15) is 187 Å². The van der Waals surface area contributed by atoms with E-state index in [1.54, 1.807) is 5.56 Å². The van der Waals surface area contributed by atoms with Crippen molar-refractivity contribution in [3.8, 4) is 22.8 Å². The van der Waals surface area contributed by atoms with Gasteiger partial charge in [-0.3, -0.25) is 5.32 Å². The standard InChI is InChI=1S/C54H70N4/c1-15-18-19-30-49(7,8)38-27-22-35(23-28-38)46-55-45(34-20-25-37(26-21-34)48(4,5)6)56-47(57-46)36-24-29-39-40-32-43-44(51(11,12)52(13,14)50(43,9)10)33-42(40)54(17-3)53(16-2,58-54)41(39)31-36/h20-28,31-33,39,58H,15-19,29-30H2,1-14H3. The van der Waals surface area contributed by atoms with Crippen LogP contribution in [-0.4, -0.2) is 20.5 Å². The Kier molecular flexibility index (Phi) is 9.56. The Morgan fingerprint density at radius 2 is 1.17 bits per heavy atom. The highest BCUT2D eigenvalue weighted by Gasteiger charge is 2.72. The van der Waals surface area contributed by atoms with Crippen LogP contribution in [0.25, 0.3) is 28.3 Å². The maximum absolute atomic E-state index is 5.31. The van der Waals surface area contributed by atoms with Gasteiger partial charge in [0.25, 0.3) is 0 Å². The average Bonchev–Trinajstić information content (AvgIpc) is 3.89. The molecule has 0 spiro atoms. The second-order valence-corrected chi connectivity index (χ2v) is 21.6. The number of nitrogens with zero attached hydrogens (tertiary/aromatic N) is 3. The predicted octanol–water partition coefficient (Wildman–Crippen LogP) is 13.8. The molecule has 3 unspecified atom stereocenters. The fourth-order valence-corrected chi connectivity index (χ4v) is 11.4. The minimum absolute atomic E-state index is 0.0574. The number of nitrogens with one attached hydrogen (secondary N) is 1. The lowest BCUT2D eigenvalue weighted by molar-refractivity contribution is 0.125. The van der Waals surface area contributed by atoms with Crippen molar-refractivity contribution >= 4 is 5.57 Å². The molecule has 3 aromatic carbocycles. The minimum atomic E-state index is -0.0812. The van der Waals surface area contributed by atoms with E-state index in [9.17, 15) is 0 Å². The van der Waals surface area contributed by atoms with Gasteiger partial charge in [-0.15, -0.1) is 0 Å². The van der Waals surface area contributed by atoms with Gasteiger partial charge in [0, 0.05) is 22.6 Å². The number of hydrogen-bond acceptors (Lipinski definition) is 4. The summed E-state index contributed by atoms with van der Waals surface area (Å²) in [5.74, 6) is 2.53. The highest BCUT2D eigenvalue weighted by molar-refractivity contribution is 5.79. The number of fused-ring (bicyclic) bond motifs is 7. The molecule has 0 saturated carbocycles. The van der Waals surface area contributed by atoms with Crippen molar-refractivity contribution in [1.82, 2.24) is 20.3 Å². The molecule has 0 radical (unpaired) electrons. The van der Waals surface area contributed by atoms with E-state index in [4.69, 9.17) is 15.0 Å². The largest absolute Gasteiger partial charge is 0.294 e. The van der Waals surface area contributed by atoms with Gasteiger partial charge >= 0.3 is 0 Å². The third kappa shape index (κ3) is 5.88. The fourth-order valence-electron chi connectivity index (χ4n) is 11.4. The zero-order valence-electron chi connectivity index (χ0n) is 38.3. The molecular formula is C54H70N4. The molecule has 1 saturated heterocycles. The maximum Gasteiger partial charge on any atom is 0.164 e. The van der Waals surface area contributed by atoms with Crippen molar-refractivity contribution in [2.24, 2.45) is 5.41 Å². The first-order chi connectivity index (χ1) is 27.2. The van der Waals surface area contributed by atoms with Gasteiger partial charge in [-0.1, -0.05) is 183 Å². The van der Waals surface area contributed by atoms with Crippen molar-refractivity contribution in [2.45, 2.75) is 181 Å². The molecule has 0 bridgehead atoms. The van der Waals surface area contributed by atoms with Gasteiger partial charge in [0.05, 0.1) is 11.1 Å². The van der Waals surface area contributed by atoms with Gasteiger partial charge in [-0.05, 0) is 97.8 Å². The summed E-state index contributed by atoms with van der Waals surface area (Å²) in [5.41, 5.74) is 13.7. The molecule has 1 aliphatic heterocycles. The normalized spacial score (nSPS) is 24.9.